The largest absolute Gasteiger partial charge is 0.444 e. The van der Waals surface area contributed by atoms with Crippen LogP contribution in [0, 0.1) is 0 Å². The molecule has 0 aliphatic carbocycles. The van der Waals surface area contributed by atoms with Crippen molar-refractivity contribution >= 4 is 39.3 Å². The Kier molecular flexibility index (Phi) is 7.45. The quantitative estimate of drug-likeness (QED) is 0.689. The van der Waals surface area contributed by atoms with Gasteiger partial charge < -0.3 is 21.1 Å². The van der Waals surface area contributed by atoms with Crippen molar-refractivity contribution in [2.24, 2.45) is 5.73 Å². The van der Waals surface area contributed by atoms with Crippen molar-refractivity contribution in [2.75, 3.05) is 18.4 Å². The summed E-state index contributed by atoms with van der Waals surface area (Å²) in [6.45, 7) is 6.43. The van der Waals surface area contributed by atoms with Crippen LogP contribution < -0.4 is 16.4 Å². The number of nitrogens with two attached hydrogens (primary N) is 1. The van der Waals surface area contributed by atoms with E-state index in [2.05, 4.69) is 26.6 Å². The van der Waals surface area contributed by atoms with Crippen LogP contribution in [0.1, 0.15) is 27.2 Å². The van der Waals surface area contributed by atoms with Crippen LogP contribution in [-0.4, -0.2) is 30.8 Å². The van der Waals surface area contributed by atoms with Crippen molar-refractivity contribution in [1.29, 1.82) is 0 Å². The Morgan fingerprint density at radius 1 is 1.45 bits per heavy atom. The maximum atomic E-state index is 11.6. The fourth-order valence-electron chi connectivity index (χ4n) is 1.73. The number of benzene rings is 1. The maximum absolute atomic E-state index is 11.6. The lowest BCUT2D eigenvalue weighted by atomic mass is 10.2. The first-order valence-corrected chi connectivity index (χ1v) is 8.27. The summed E-state index contributed by atoms with van der Waals surface area (Å²) in [7, 11) is 0. The summed E-state index contributed by atoms with van der Waals surface area (Å²) in [5, 5.41) is 6.69. The lowest BCUT2D eigenvalue weighted by Crippen LogP contribution is -2.37. The monoisotopic (exact) mass is 391 g/mol. The molecule has 0 saturated heterocycles. The highest BCUT2D eigenvalue weighted by Crippen LogP contribution is 2.25. The molecule has 1 aromatic carbocycles. The normalized spacial score (nSPS) is 12.6. The van der Waals surface area contributed by atoms with Gasteiger partial charge in [-0.15, -0.1) is 0 Å². The second-order valence-corrected chi connectivity index (χ2v) is 7.18. The van der Waals surface area contributed by atoms with Crippen LogP contribution in [0.3, 0.4) is 0 Å². The molecule has 1 amide bonds. The molecule has 0 saturated carbocycles. The molecule has 0 aliphatic rings. The lowest BCUT2D eigenvalue weighted by molar-refractivity contribution is 0.0527. The van der Waals surface area contributed by atoms with E-state index in [4.69, 9.17) is 22.1 Å². The van der Waals surface area contributed by atoms with Gasteiger partial charge in [-0.3, -0.25) is 0 Å². The molecule has 1 atom stereocenters. The van der Waals surface area contributed by atoms with E-state index < -0.39 is 11.7 Å². The first-order chi connectivity index (χ1) is 10.2. The third kappa shape index (κ3) is 7.33. The van der Waals surface area contributed by atoms with Crippen molar-refractivity contribution < 1.29 is 9.53 Å². The van der Waals surface area contributed by atoms with Gasteiger partial charge in [0, 0.05) is 29.3 Å². The van der Waals surface area contributed by atoms with Gasteiger partial charge >= 0.3 is 6.09 Å². The summed E-state index contributed by atoms with van der Waals surface area (Å²) in [5.74, 6) is 0. The second kappa shape index (κ2) is 8.60. The first-order valence-electron chi connectivity index (χ1n) is 7.10. The number of amides is 1. The molecule has 4 N–H and O–H groups in total. The van der Waals surface area contributed by atoms with Gasteiger partial charge in [0.15, 0.2) is 0 Å². The van der Waals surface area contributed by atoms with E-state index in [1.54, 1.807) is 6.07 Å². The minimum Gasteiger partial charge on any atom is -0.444 e. The van der Waals surface area contributed by atoms with Gasteiger partial charge in [-0.25, -0.2) is 4.79 Å². The summed E-state index contributed by atoms with van der Waals surface area (Å²) in [4.78, 5) is 11.6. The third-order valence-corrected chi connectivity index (χ3v) is 3.95. The van der Waals surface area contributed by atoms with Gasteiger partial charge in [0.25, 0.3) is 0 Å². The molecule has 1 aromatic rings. The van der Waals surface area contributed by atoms with Crippen LogP contribution in [0.5, 0.6) is 0 Å². The molecule has 0 heterocycles. The van der Waals surface area contributed by atoms with Gasteiger partial charge in [-0.2, -0.15) is 0 Å². The van der Waals surface area contributed by atoms with Crippen molar-refractivity contribution in [2.45, 2.75) is 38.8 Å². The van der Waals surface area contributed by atoms with Gasteiger partial charge in [-0.05, 0) is 61.3 Å². The summed E-state index contributed by atoms with van der Waals surface area (Å²) in [6.07, 6.45) is 0.271. The fourth-order valence-corrected chi connectivity index (χ4v) is 2.23. The van der Waals surface area contributed by atoms with Gasteiger partial charge in [0.05, 0.1) is 5.02 Å². The smallest absolute Gasteiger partial charge is 0.407 e. The number of hydrogen-bond donors (Lipinski definition) is 3. The van der Waals surface area contributed by atoms with E-state index in [0.717, 1.165) is 10.2 Å². The average Bonchev–Trinajstić information content (AvgIpc) is 2.39. The number of hydrogen-bond acceptors (Lipinski definition) is 4. The van der Waals surface area contributed by atoms with E-state index >= 15 is 0 Å². The van der Waals surface area contributed by atoms with Crippen molar-refractivity contribution in [3.05, 3.63) is 27.7 Å². The Balaban J connectivity index is 2.42. The van der Waals surface area contributed by atoms with E-state index in [0.29, 0.717) is 24.5 Å². The highest BCUT2D eigenvalue weighted by molar-refractivity contribution is 9.10. The molecular weight excluding hydrogens is 370 g/mol. The Bertz CT molecular complexity index is 506. The molecule has 5 nitrogen and oxygen atoms in total. The molecule has 0 bridgehead atoms. The zero-order valence-electron chi connectivity index (χ0n) is 13.1. The second-order valence-electron chi connectivity index (χ2n) is 5.92. The zero-order valence-corrected chi connectivity index (χ0v) is 15.4. The minimum atomic E-state index is -0.495. The van der Waals surface area contributed by atoms with Gasteiger partial charge in [0.1, 0.15) is 5.60 Å². The van der Waals surface area contributed by atoms with Crippen LogP contribution in [0.25, 0.3) is 0 Å². The lowest BCUT2D eigenvalue weighted by Gasteiger charge is -2.21. The highest BCUT2D eigenvalue weighted by Gasteiger charge is 2.16. The molecule has 0 aliphatic heterocycles. The fraction of sp³-hybridized carbons (Fsp3) is 0.533. The van der Waals surface area contributed by atoms with Crippen LogP contribution in [-0.2, 0) is 4.74 Å². The number of halogens is 2. The summed E-state index contributed by atoms with van der Waals surface area (Å²) < 4.78 is 6.00. The Hall–Kier alpha value is -0.980. The molecule has 22 heavy (non-hydrogen) atoms. The van der Waals surface area contributed by atoms with Crippen LogP contribution >= 0.6 is 27.5 Å². The SMILES string of the molecule is CC(C)(C)OC(=O)NCCC(CN)Nc1ccc(Cl)c(Br)c1. The van der Waals surface area contributed by atoms with E-state index in [1.807, 2.05) is 32.9 Å². The molecule has 1 rings (SSSR count). The standard InChI is InChI=1S/C15H23BrClN3O2/c1-15(2,3)22-14(21)19-7-6-11(9-18)20-10-4-5-13(17)12(16)8-10/h4-5,8,11,20H,6-7,9,18H2,1-3H3,(H,19,21). The molecule has 0 spiro atoms. The van der Waals surface area contributed by atoms with Gasteiger partial charge in [-0.1, -0.05) is 11.6 Å². The molecular formula is C15H23BrClN3O2. The molecule has 0 aromatic heterocycles. The highest BCUT2D eigenvalue weighted by atomic mass is 79.9. The summed E-state index contributed by atoms with van der Waals surface area (Å²) in [6, 6.07) is 5.63. The Morgan fingerprint density at radius 2 is 2.14 bits per heavy atom. The van der Waals surface area contributed by atoms with Crippen molar-refractivity contribution in [1.82, 2.24) is 5.32 Å². The predicted molar refractivity (Wildman–Crippen MR) is 94.5 cm³/mol. The molecule has 1 unspecified atom stereocenters. The van der Waals surface area contributed by atoms with Crippen LogP contribution in [0.4, 0.5) is 10.5 Å². The molecule has 0 fully saturated rings. The van der Waals surface area contributed by atoms with Crippen LogP contribution in [0.15, 0.2) is 22.7 Å². The molecule has 7 heteroatoms. The number of anilines is 1. The Morgan fingerprint density at radius 3 is 2.68 bits per heavy atom. The van der Waals surface area contributed by atoms with Gasteiger partial charge in [0.2, 0.25) is 0 Å². The zero-order chi connectivity index (χ0) is 16.8. The summed E-state index contributed by atoms with van der Waals surface area (Å²) >= 11 is 9.34. The van der Waals surface area contributed by atoms with E-state index in [1.165, 1.54) is 0 Å². The third-order valence-electron chi connectivity index (χ3n) is 2.74. The number of nitrogens with one attached hydrogen (secondary N) is 2. The first kappa shape index (κ1) is 19.1. The topological polar surface area (TPSA) is 76.4 Å². The maximum Gasteiger partial charge on any atom is 0.407 e. The van der Waals surface area contributed by atoms with Crippen LogP contribution in [0.2, 0.25) is 5.02 Å². The number of ether oxygens (including phenoxy) is 1. The van der Waals surface area contributed by atoms with Crippen molar-refractivity contribution in [3.63, 3.8) is 0 Å². The number of carbonyl (C=O) groups is 1. The minimum absolute atomic E-state index is 0.0445. The average molecular weight is 393 g/mol. The predicted octanol–water partition coefficient (Wildman–Crippen LogP) is 3.76. The van der Waals surface area contributed by atoms with Crippen molar-refractivity contribution in [3.8, 4) is 0 Å². The van der Waals surface area contributed by atoms with E-state index in [-0.39, 0.29) is 6.04 Å². The summed E-state index contributed by atoms with van der Waals surface area (Å²) in [5.41, 5.74) is 6.19. The number of rotatable bonds is 6. The van der Waals surface area contributed by atoms with E-state index in [9.17, 15) is 4.79 Å². The number of carbonyl (C=O) groups excluding carboxylic acids is 1. The Labute approximate surface area is 145 Å². The molecule has 0 radical (unpaired) electrons. The number of alkyl carbamates (subject to hydrolysis) is 1. The molecule has 124 valence electrons.